The zero-order valence-corrected chi connectivity index (χ0v) is 19.1. The van der Waals surface area contributed by atoms with Gasteiger partial charge in [-0.1, -0.05) is 22.9 Å². The lowest BCUT2D eigenvalue weighted by Gasteiger charge is -2.05. The van der Waals surface area contributed by atoms with Gasteiger partial charge in [0, 0.05) is 24.4 Å². The number of carbonyl (C=O) groups excluding carboxylic acids is 2. The van der Waals surface area contributed by atoms with Crippen molar-refractivity contribution in [3.05, 3.63) is 67.5 Å². The molecule has 0 unspecified atom stereocenters. The monoisotopic (exact) mass is 479 g/mol. The van der Waals surface area contributed by atoms with Gasteiger partial charge in [0.2, 0.25) is 0 Å². The molecule has 3 rings (SSSR count). The lowest BCUT2D eigenvalue weighted by molar-refractivity contribution is -0.384. The second-order valence-corrected chi connectivity index (χ2v) is 8.67. The van der Waals surface area contributed by atoms with Crippen LogP contribution in [0, 0.1) is 10.1 Å². The maximum absolute atomic E-state index is 12.8. The predicted octanol–water partition coefficient (Wildman–Crippen LogP) is 4.55. The van der Waals surface area contributed by atoms with Crippen molar-refractivity contribution in [1.29, 1.82) is 0 Å². The van der Waals surface area contributed by atoms with Gasteiger partial charge in [-0.05, 0) is 37.4 Å². The SMILES string of the molecule is CCOC(=O)c1ccc2c(c1)sc(=NC(=O)c1cc([N+](=O)[O-])ccc1Cl)n2CCSC. The minimum atomic E-state index is -0.677. The summed E-state index contributed by atoms with van der Waals surface area (Å²) in [5, 5.41) is 11.1. The first-order valence-electron chi connectivity index (χ1n) is 9.18. The van der Waals surface area contributed by atoms with Crippen molar-refractivity contribution in [3.63, 3.8) is 0 Å². The summed E-state index contributed by atoms with van der Waals surface area (Å²) >= 11 is 8.97. The zero-order chi connectivity index (χ0) is 22.5. The molecule has 11 heteroatoms. The summed E-state index contributed by atoms with van der Waals surface area (Å²) in [4.78, 5) is 39.9. The quantitative estimate of drug-likeness (QED) is 0.280. The van der Waals surface area contributed by atoms with E-state index in [1.54, 1.807) is 36.9 Å². The number of thiazole rings is 1. The van der Waals surface area contributed by atoms with Gasteiger partial charge in [0.15, 0.2) is 4.80 Å². The Hall–Kier alpha value is -2.69. The Morgan fingerprint density at radius 2 is 2.06 bits per heavy atom. The van der Waals surface area contributed by atoms with E-state index in [4.69, 9.17) is 16.3 Å². The van der Waals surface area contributed by atoms with Crippen LogP contribution in [0.5, 0.6) is 0 Å². The number of fused-ring (bicyclic) bond motifs is 1. The van der Waals surface area contributed by atoms with Gasteiger partial charge in [0.05, 0.1) is 37.9 Å². The van der Waals surface area contributed by atoms with Crippen LogP contribution in [0.25, 0.3) is 10.2 Å². The van der Waals surface area contributed by atoms with Crippen molar-refractivity contribution in [2.24, 2.45) is 4.99 Å². The number of esters is 1. The Labute approximate surface area is 190 Å². The molecule has 2 aromatic carbocycles. The predicted molar refractivity (Wildman–Crippen MR) is 122 cm³/mol. The Kier molecular flexibility index (Phi) is 7.47. The van der Waals surface area contributed by atoms with Crippen molar-refractivity contribution in [2.45, 2.75) is 13.5 Å². The van der Waals surface area contributed by atoms with E-state index >= 15 is 0 Å². The molecule has 8 nitrogen and oxygen atoms in total. The number of benzene rings is 2. The van der Waals surface area contributed by atoms with Gasteiger partial charge in [-0.3, -0.25) is 14.9 Å². The minimum Gasteiger partial charge on any atom is -0.462 e. The Balaban J connectivity index is 2.12. The molecule has 0 saturated carbocycles. The van der Waals surface area contributed by atoms with Crippen LogP contribution in [0.15, 0.2) is 41.4 Å². The molecule has 31 heavy (non-hydrogen) atoms. The Morgan fingerprint density at radius 1 is 1.29 bits per heavy atom. The van der Waals surface area contributed by atoms with Gasteiger partial charge >= 0.3 is 5.97 Å². The number of hydrogen-bond donors (Lipinski definition) is 0. The molecule has 0 fully saturated rings. The molecule has 0 spiro atoms. The van der Waals surface area contributed by atoms with Crippen molar-refractivity contribution in [2.75, 3.05) is 18.6 Å². The number of hydrogen-bond acceptors (Lipinski definition) is 7. The van der Waals surface area contributed by atoms with E-state index in [1.807, 2.05) is 10.8 Å². The molecule has 162 valence electrons. The van der Waals surface area contributed by atoms with Crippen LogP contribution in [0.1, 0.15) is 27.6 Å². The average molecular weight is 480 g/mol. The molecule has 0 aliphatic heterocycles. The molecule has 1 amide bonds. The number of rotatable bonds is 7. The number of aromatic nitrogens is 1. The van der Waals surface area contributed by atoms with E-state index < -0.39 is 16.8 Å². The van der Waals surface area contributed by atoms with Gasteiger partial charge in [-0.25, -0.2) is 4.79 Å². The Morgan fingerprint density at radius 3 is 2.74 bits per heavy atom. The summed E-state index contributed by atoms with van der Waals surface area (Å²) in [6, 6.07) is 8.83. The van der Waals surface area contributed by atoms with Crippen LogP contribution in [0.3, 0.4) is 0 Å². The van der Waals surface area contributed by atoms with Gasteiger partial charge in [-0.2, -0.15) is 16.8 Å². The zero-order valence-electron chi connectivity index (χ0n) is 16.7. The maximum Gasteiger partial charge on any atom is 0.338 e. The first kappa shape index (κ1) is 23.0. The molecule has 0 aliphatic rings. The third kappa shape index (κ3) is 5.15. The largest absolute Gasteiger partial charge is 0.462 e. The first-order chi connectivity index (χ1) is 14.8. The second kappa shape index (κ2) is 10.1. The summed E-state index contributed by atoms with van der Waals surface area (Å²) in [6.45, 7) is 2.60. The number of carbonyl (C=O) groups is 2. The third-order valence-corrected chi connectivity index (χ3v) is 6.26. The van der Waals surface area contributed by atoms with Gasteiger partial charge in [0.25, 0.3) is 11.6 Å². The molecular weight excluding hydrogens is 462 g/mol. The molecule has 0 saturated heterocycles. The number of aryl methyl sites for hydroxylation is 1. The standard InChI is InChI=1S/C20H18ClN3O5S2/c1-3-29-19(26)12-4-7-16-17(10-12)31-20(23(16)8-9-30-2)22-18(25)14-11-13(24(27)28)5-6-15(14)21/h4-7,10-11H,3,8-9H2,1-2H3. The first-order valence-corrected chi connectivity index (χ1v) is 11.8. The second-order valence-electron chi connectivity index (χ2n) is 6.27. The highest BCUT2D eigenvalue weighted by Gasteiger charge is 2.17. The molecule has 0 aliphatic carbocycles. The van der Waals surface area contributed by atoms with Crippen LogP contribution in [-0.2, 0) is 11.3 Å². The van der Waals surface area contributed by atoms with Crippen molar-refractivity contribution in [1.82, 2.24) is 4.57 Å². The van der Waals surface area contributed by atoms with Gasteiger partial charge < -0.3 is 9.30 Å². The third-order valence-electron chi connectivity index (χ3n) is 4.30. The van der Waals surface area contributed by atoms with Crippen LogP contribution < -0.4 is 4.80 Å². The number of nitro groups is 1. The molecule has 1 aromatic heterocycles. The minimum absolute atomic E-state index is 0.0445. The number of ether oxygens (including phenoxy) is 1. The lowest BCUT2D eigenvalue weighted by Crippen LogP contribution is -2.18. The number of thioether (sulfide) groups is 1. The summed E-state index contributed by atoms with van der Waals surface area (Å²) in [5.41, 5.74) is 0.946. The number of non-ortho nitro benzene ring substituents is 1. The van der Waals surface area contributed by atoms with Crippen LogP contribution >= 0.6 is 34.7 Å². The fourth-order valence-electron chi connectivity index (χ4n) is 2.84. The van der Waals surface area contributed by atoms with Gasteiger partial charge in [0.1, 0.15) is 0 Å². The fourth-order valence-corrected chi connectivity index (χ4v) is 4.49. The number of halogens is 1. The molecule has 3 aromatic rings. The molecule has 0 atom stereocenters. The molecule has 0 bridgehead atoms. The highest BCUT2D eigenvalue weighted by Crippen LogP contribution is 2.24. The van der Waals surface area contributed by atoms with E-state index in [-0.39, 0.29) is 22.9 Å². The van der Waals surface area contributed by atoms with Crippen molar-refractivity contribution < 1.29 is 19.2 Å². The van der Waals surface area contributed by atoms with E-state index in [2.05, 4.69) is 4.99 Å². The molecule has 0 radical (unpaired) electrons. The maximum atomic E-state index is 12.8. The van der Waals surface area contributed by atoms with Crippen LogP contribution in [0.4, 0.5) is 5.69 Å². The Bertz CT molecular complexity index is 1240. The van der Waals surface area contributed by atoms with E-state index in [1.165, 1.54) is 23.5 Å². The molecule has 0 N–H and O–H groups in total. The summed E-state index contributed by atoms with van der Waals surface area (Å²) in [7, 11) is 0. The summed E-state index contributed by atoms with van der Waals surface area (Å²) in [6.07, 6.45) is 1.97. The number of amides is 1. The van der Waals surface area contributed by atoms with Gasteiger partial charge in [-0.15, -0.1) is 0 Å². The van der Waals surface area contributed by atoms with Crippen LogP contribution in [-0.4, -0.2) is 40.0 Å². The molecular formula is C20H18ClN3O5S2. The van der Waals surface area contributed by atoms with E-state index in [9.17, 15) is 19.7 Å². The molecule has 1 heterocycles. The van der Waals surface area contributed by atoms with Crippen LogP contribution in [0.2, 0.25) is 5.02 Å². The van der Waals surface area contributed by atoms with E-state index in [0.29, 0.717) is 16.9 Å². The summed E-state index contributed by atoms with van der Waals surface area (Å²) < 4.78 is 7.70. The number of nitrogens with zero attached hydrogens (tertiary/aromatic N) is 3. The smallest absolute Gasteiger partial charge is 0.338 e. The summed E-state index contributed by atoms with van der Waals surface area (Å²) in [5.74, 6) is -0.320. The van der Waals surface area contributed by atoms with Crippen molar-refractivity contribution in [3.8, 4) is 0 Å². The lowest BCUT2D eigenvalue weighted by atomic mass is 10.2. The normalized spacial score (nSPS) is 11.6. The van der Waals surface area contributed by atoms with E-state index in [0.717, 1.165) is 22.0 Å². The number of nitro benzene ring substituents is 1. The average Bonchev–Trinajstić information content (AvgIpc) is 3.08. The van der Waals surface area contributed by atoms with Crippen molar-refractivity contribution >= 4 is 62.5 Å². The highest BCUT2D eigenvalue weighted by atomic mass is 35.5. The topological polar surface area (TPSA) is 104 Å². The highest BCUT2D eigenvalue weighted by molar-refractivity contribution is 7.98. The fraction of sp³-hybridized carbons (Fsp3) is 0.250.